The number of aliphatic hydroxyl groups is 1. The van der Waals surface area contributed by atoms with Crippen molar-refractivity contribution in [2.75, 3.05) is 0 Å². The molecule has 15 heavy (non-hydrogen) atoms. The monoisotopic (exact) mass is 201 g/mol. The van der Waals surface area contributed by atoms with Crippen LogP contribution in [0.1, 0.15) is 30.9 Å². The van der Waals surface area contributed by atoms with Gasteiger partial charge in [-0.3, -0.25) is 0 Å². The lowest BCUT2D eigenvalue weighted by Gasteiger charge is -2.30. The van der Waals surface area contributed by atoms with Crippen LogP contribution in [0.5, 0.6) is 0 Å². The minimum atomic E-state index is -0.266. The second-order valence-corrected chi connectivity index (χ2v) is 4.46. The largest absolute Gasteiger partial charge is 0.388 e. The highest BCUT2D eigenvalue weighted by Crippen LogP contribution is 2.38. The van der Waals surface area contributed by atoms with E-state index in [1.54, 1.807) is 0 Å². The van der Waals surface area contributed by atoms with Crippen molar-refractivity contribution in [1.29, 1.82) is 0 Å². The van der Waals surface area contributed by atoms with Gasteiger partial charge in [0, 0.05) is 11.7 Å². The molecule has 1 unspecified atom stereocenters. The van der Waals surface area contributed by atoms with Crippen molar-refractivity contribution >= 4 is 10.9 Å². The van der Waals surface area contributed by atoms with Crippen LogP contribution >= 0.6 is 0 Å². The molecule has 0 aliphatic heterocycles. The predicted molar refractivity (Wildman–Crippen MR) is 60.6 cm³/mol. The highest BCUT2D eigenvalue weighted by atomic mass is 16.3. The van der Waals surface area contributed by atoms with E-state index in [-0.39, 0.29) is 6.10 Å². The van der Waals surface area contributed by atoms with E-state index in [1.165, 1.54) is 24.6 Å². The van der Waals surface area contributed by atoms with E-state index in [0.717, 1.165) is 11.1 Å². The molecule has 1 aromatic carbocycles. The molecule has 2 heteroatoms. The van der Waals surface area contributed by atoms with Gasteiger partial charge in [-0.05, 0) is 47.9 Å². The maximum Gasteiger partial charge on any atom is 0.0818 e. The van der Waals surface area contributed by atoms with E-state index < -0.39 is 0 Å². The molecule has 0 radical (unpaired) electrons. The summed E-state index contributed by atoms with van der Waals surface area (Å²) in [6, 6.07) is 8.22. The lowest BCUT2D eigenvalue weighted by molar-refractivity contribution is 0.0622. The Hall–Kier alpha value is -1.28. The second-order valence-electron chi connectivity index (χ2n) is 4.46. The zero-order valence-electron chi connectivity index (χ0n) is 8.61. The zero-order chi connectivity index (χ0) is 10.3. The third kappa shape index (κ3) is 1.45. The van der Waals surface area contributed by atoms with Crippen LogP contribution in [0, 0.1) is 5.92 Å². The number of aliphatic hydroxyl groups excluding tert-OH is 1. The smallest absolute Gasteiger partial charge is 0.0818 e. The van der Waals surface area contributed by atoms with Gasteiger partial charge in [0.05, 0.1) is 6.10 Å². The molecule has 1 aliphatic rings. The van der Waals surface area contributed by atoms with Gasteiger partial charge in [-0.1, -0.05) is 12.5 Å². The van der Waals surface area contributed by atoms with Crippen molar-refractivity contribution in [1.82, 2.24) is 4.98 Å². The molecule has 2 aromatic rings. The molecular formula is C13H15NO. The first-order chi connectivity index (χ1) is 7.34. The van der Waals surface area contributed by atoms with Crippen molar-refractivity contribution in [3.05, 3.63) is 36.0 Å². The fraction of sp³-hybridized carbons (Fsp3) is 0.385. The maximum absolute atomic E-state index is 10.1. The van der Waals surface area contributed by atoms with Crippen LogP contribution in [0.25, 0.3) is 10.9 Å². The topological polar surface area (TPSA) is 36.0 Å². The van der Waals surface area contributed by atoms with Crippen molar-refractivity contribution < 1.29 is 5.11 Å². The molecule has 1 fully saturated rings. The summed E-state index contributed by atoms with van der Waals surface area (Å²) in [7, 11) is 0. The van der Waals surface area contributed by atoms with Crippen LogP contribution in [0.4, 0.5) is 0 Å². The van der Waals surface area contributed by atoms with E-state index in [0.29, 0.717) is 5.92 Å². The SMILES string of the molecule is OC(c1ccc2[nH]ccc2c1)C1CCC1. The summed E-state index contributed by atoms with van der Waals surface area (Å²) in [4.78, 5) is 3.16. The van der Waals surface area contributed by atoms with Crippen molar-refractivity contribution in [3.8, 4) is 0 Å². The first-order valence-corrected chi connectivity index (χ1v) is 5.60. The number of aromatic nitrogens is 1. The van der Waals surface area contributed by atoms with Gasteiger partial charge in [0.1, 0.15) is 0 Å². The number of rotatable bonds is 2. The van der Waals surface area contributed by atoms with E-state index in [2.05, 4.69) is 11.1 Å². The summed E-state index contributed by atoms with van der Waals surface area (Å²) in [5.41, 5.74) is 2.20. The Kier molecular flexibility index (Phi) is 2.03. The van der Waals surface area contributed by atoms with E-state index in [9.17, 15) is 5.11 Å². The average molecular weight is 201 g/mol. The van der Waals surface area contributed by atoms with Gasteiger partial charge < -0.3 is 10.1 Å². The molecule has 1 heterocycles. The van der Waals surface area contributed by atoms with E-state index in [1.807, 2.05) is 24.4 Å². The molecular weight excluding hydrogens is 186 g/mol. The number of hydrogen-bond donors (Lipinski definition) is 2. The third-order valence-corrected chi connectivity index (χ3v) is 3.52. The first-order valence-electron chi connectivity index (χ1n) is 5.60. The lowest BCUT2D eigenvalue weighted by atomic mass is 9.79. The Labute approximate surface area is 88.9 Å². The zero-order valence-corrected chi connectivity index (χ0v) is 8.61. The molecule has 2 N–H and O–H groups in total. The van der Waals surface area contributed by atoms with Gasteiger partial charge in [-0.25, -0.2) is 0 Å². The van der Waals surface area contributed by atoms with Crippen LogP contribution in [0.2, 0.25) is 0 Å². The number of nitrogens with one attached hydrogen (secondary N) is 1. The molecule has 3 rings (SSSR count). The Morgan fingerprint density at radius 2 is 2.13 bits per heavy atom. The van der Waals surface area contributed by atoms with Crippen LogP contribution in [0.15, 0.2) is 30.5 Å². The average Bonchev–Trinajstić information content (AvgIpc) is 2.61. The molecule has 0 saturated heterocycles. The van der Waals surface area contributed by atoms with E-state index >= 15 is 0 Å². The molecule has 2 nitrogen and oxygen atoms in total. The number of hydrogen-bond acceptors (Lipinski definition) is 1. The van der Waals surface area contributed by atoms with Gasteiger partial charge in [0.25, 0.3) is 0 Å². The summed E-state index contributed by atoms with van der Waals surface area (Å²) in [6.07, 6.45) is 5.29. The summed E-state index contributed by atoms with van der Waals surface area (Å²) >= 11 is 0. The molecule has 1 atom stereocenters. The first kappa shape index (κ1) is 8.98. The molecule has 0 amide bonds. The molecule has 0 spiro atoms. The summed E-state index contributed by atoms with van der Waals surface area (Å²) < 4.78 is 0. The highest BCUT2D eigenvalue weighted by Gasteiger charge is 2.26. The predicted octanol–water partition coefficient (Wildman–Crippen LogP) is 3.00. The normalized spacial score (nSPS) is 19.0. The van der Waals surface area contributed by atoms with Crippen molar-refractivity contribution in [3.63, 3.8) is 0 Å². The Balaban J connectivity index is 1.95. The van der Waals surface area contributed by atoms with Gasteiger partial charge in [0.15, 0.2) is 0 Å². The molecule has 78 valence electrons. The fourth-order valence-corrected chi connectivity index (χ4v) is 2.28. The number of H-pyrrole nitrogens is 1. The minimum absolute atomic E-state index is 0.266. The maximum atomic E-state index is 10.1. The highest BCUT2D eigenvalue weighted by molar-refractivity contribution is 5.80. The number of fused-ring (bicyclic) bond motifs is 1. The van der Waals surface area contributed by atoms with Crippen LogP contribution < -0.4 is 0 Å². The van der Waals surface area contributed by atoms with E-state index in [4.69, 9.17) is 0 Å². The molecule has 1 aromatic heterocycles. The van der Waals surface area contributed by atoms with Crippen LogP contribution in [-0.2, 0) is 0 Å². The minimum Gasteiger partial charge on any atom is -0.388 e. The lowest BCUT2D eigenvalue weighted by Crippen LogP contribution is -2.19. The molecule has 0 bridgehead atoms. The quantitative estimate of drug-likeness (QED) is 0.769. The van der Waals surface area contributed by atoms with Crippen molar-refractivity contribution in [2.24, 2.45) is 5.92 Å². The summed E-state index contributed by atoms with van der Waals surface area (Å²) in [5, 5.41) is 11.3. The second kappa shape index (κ2) is 3.38. The van der Waals surface area contributed by atoms with Crippen LogP contribution in [0.3, 0.4) is 0 Å². The standard InChI is InChI=1S/C13H15NO/c15-13(9-2-1-3-9)11-4-5-12-10(8-11)6-7-14-12/h4-9,13-15H,1-3H2. The van der Waals surface area contributed by atoms with Gasteiger partial charge >= 0.3 is 0 Å². The third-order valence-electron chi connectivity index (χ3n) is 3.52. The Morgan fingerprint density at radius 1 is 1.27 bits per heavy atom. The fourth-order valence-electron chi connectivity index (χ4n) is 2.28. The molecule has 1 aliphatic carbocycles. The Morgan fingerprint density at radius 3 is 2.87 bits per heavy atom. The summed E-state index contributed by atoms with van der Waals surface area (Å²) in [5.74, 6) is 0.487. The summed E-state index contributed by atoms with van der Waals surface area (Å²) in [6.45, 7) is 0. The van der Waals surface area contributed by atoms with Crippen LogP contribution in [-0.4, -0.2) is 10.1 Å². The number of benzene rings is 1. The van der Waals surface area contributed by atoms with Crippen molar-refractivity contribution in [2.45, 2.75) is 25.4 Å². The van der Waals surface area contributed by atoms with Gasteiger partial charge in [-0.15, -0.1) is 0 Å². The molecule has 1 saturated carbocycles. The Bertz CT molecular complexity index is 470. The van der Waals surface area contributed by atoms with Gasteiger partial charge in [-0.2, -0.15) is 0 Å². The number of aromatic amines is 1. The van der Waals surface area contributed by atoms with Gasteiger partial charge in [0.2, 0.25) is 0 Å².